The zero-order chi connectivity index (χ0) is 11.7. The summed E-state index contributed by atoms with van der Waals surface area (Å²) in [7, 11) is 0. The minimum Gasteiger partial charge on any atom is -0.481 e. The first-order valence-electron chi connectivity index (χ1n) is 4.90. The molecular formula is C10H11FN2O3. The summed E-state index contributed by atoms with van der Waals surface area (Å²) in [5, 5.41) is 13.7. The lowest BCUT2D eigenvalue weighted by atomic mass is 10.2. The highest BCUT2D eigenvalue weighted by Gasteiger charge is 2.24. The number of hydrogen-bond acceptors (Lipinski definition) is 4. The molecule has 1 aromatic carbocycles. The van der Waals surface area contributed by atoms with E-state index in [0.717, 1.165) is 6.07 Å². The highest BCUT2D eigenvalue weighted by molar-refractivity contribution is 5.49. The van der Waals surface area contributed by atoms with Gasteiger partial charge in [0, 0.05) is 13.1 Å². The maximum atomic E-state index is 13.2. The van der Waals surface area contributed by atoms with Gasteiger partial charge in [-0.3, -0.25) is 10.1 Å². The number of nitro benzene ring substituents is 1. The summed E-state index contributed by atoms with van der Waals surface area (Å²) in [5.74, 6) is -0.457. The number of nitrogens with one attached hydrogen (secondary N) is 1. The molecule has 0 bridgehead atoms. The van der Waals surface area contributed by atoms with Crippen LogP contribution in [0.25, 0.3) is 0 Å². The molecule has 5 nitrogen and oxygen atoms in total. The van der Waals surface area contributed by atoms with Crippen LogP contribution in [0.2, 0.25) is 0 Å². The van der Waals surface area contributed by atoms with E-state index in [2.05, 4.69) is 5.32 Å². The smallest absolute Gasteiger partial charge is 0.313 e. The maximum Gasteiger partial charge on any atom is 0.313 e. The van der Waals surface area contributed by atoms with Gasteiger partial charge in [0.1, 0.15) is 11.9 Å². The second kappa shape index (κ2) is 4.05. The Kier molecular flexibility index (Phi) is 2.74. The van der Waals surface area contributed by atoms with E-state index in [1.165, 1.54) is 6.07 Å². The topological polar surface area (TPSA) is 64.4 Å². The Labute approximate surface area is 91.4 Å². The molecule has 1 fully saturated rings. The van der Waals surface area contributed by atoms with Gasteiger partial charge in [0.25, 0.3) is 0 Å². The predicted molar refractivity (Wildman–Crippen MR) is 55.1 cm³/mol. The van der Waals surface area contributed by atoms with Gasteiger partial charge in [0.05, 0.1) is 11.0 Å². The van der Waals surface area contributed by atoms with Crippen LogP contribution in [-0.4, -0.2) is 24.1 Å². The van der Waals surface area contributed by atoms with E-state index in [9.17, 15) is 14.5 Å². The van der Waals surface area contributed by atoms with Gasteiger partial charge in [-0.15, -0.1) is 0 Å². The van der Waals surface area contributed by atoms with E-state index in [1.54, 1.807) is 6.92 Å². The lowest BCUT2D eigenvalue weighted by Crippen LogP contribution is -2.50. The molecule has 0 saturated carbocycles. The molecule has 0 amide bonds. The van der Waals surface area contributed by atoms with Gasteiger partial charge in [0.15, 0.2) is 5.75 Å². The van der Waals surface area contributed by atoms with E-state index in [1.807, 2.05) is 0 Å². The summed E-state index contributed by atoms with van der Waals surface area (Å²) in [6.07, 6.45) is -0.0661. The number of nitrogens with zero attached hydrogens (tertiary/aromatic N) is 1. The van der Waals surface area contributed by atoms with Crippen LogP contribution >= 0.6 is 0 Å². The van der Waals surface area contributed by atoms with E-state index in [4.69, 9.17) is 4.74 Å². The summed E-state index contributed by atoms with van der Waals surface area (Å²) in [6, 6.07) is 2.27. The number of aryl methyl sites for hydroxylation is 1. The molecule has 1 N–H and O–H groups in total. The van der Waals surface area contributed by atoms with Crippen LogP contribution in [0.4, 0.5) is 10.1 Å². The molecular weight excluding hydrogens is 215 g/mol. The Morgan fingerprint density at radius 2 is 2.25 bits per heavy atom. The summed E-state index contributed by atoms with van der Waals surface area (Å²) in [5.41, 5.74) is 0.0166. The van der Waals surface area contributed by atoms with Crippen molar-refractivity contribution in [2.45, 2.75) is 13.0 Å². The molecule has 86 valence electrons. The van der Waals surface area contributed by atoms with Crippen LogP contribution in [0.15, 0.2) is 12.1 Å². The van der Waals surface area contributed by atoms with Crippen molar-refractivity contribution >= 4 is 5.69 Å². The number of ether oxygens (including phenoxy) is 1. The normalized spacial score (nSPS) is 15.6. The van der Waals surface area contributed by atoms with Gasteiger partial charge >= 0.3 is 5.69 Å². The Morgan fingerprint density at radius 3 is 2.75 bits per heavy atom. The van der Waals surface area contributed by atoms with Gasteiger partial charge in [-0.1, -0.05) is 0 Å². The fourth-order valence-corrected chi connectivity index (χ4v) is 1.41. The Morgan fingerprint density at radius 1 is 1.56 bits per heavy atom. The van der Waals surface area contributed by atoms with Crippen LogP contribution in [0, 0.1) is 22.9 Å². The average molecular weight is 226 g/mol. The minimum absolute atomic E-state index is 0.0661. The minimum atomic E-state index is -0.635. The van der Waals surface area contributed by atoms with Gasteiger partial charge in [-0.2, -0.15) is 0 Å². The molecule has 1 aliphatic heterocycles. The van der Waals surface area contributed by atoms with Gasteiger partial charge in [0.2, 0.25) is 0 Å². The van der Waals surface area contributed by atoms with Crippen molar-refractivity contribution in [2.75, 3.05) is 13.1 Å². The van der Waals surface area contributed by atoms with Crippen molar-refractivity contribution in [3.8, 4) is 5.75 Å². The van der Waals surface area contributed by atoms with Crippen LogP contribution in [-0.2, 0) is 0 Å². The molecule has 1 heterocycles. The van der Waals surface area contributed by atoms with Crippen LogP contribution in [0.1, 0.15) is 5.56 Å². The average Bonchev–Trinajstić information content (AvgIpc) is 2.16. The molecule has 0 unspecified atom stereocenters. The Balaban J connectivity index is 2.32. The zero-order valence-corrected chi connectivity index (χ0v) is 8.70. The Bertz CT molecular complexity index is 432. The molecule has 0 radical (unpaired) electrons. The van der Waals surface area contributed by atoms with Crippen molar-refractivity contribution in [3.63, 3.8) is 0 Å². The number of halogens is 1. The summed E-state index contributed by atoms with van der Waals surface area (Å²) >= 11 is 0. The van der Waals surface area contributed by atoms with Crippen LogP contribution in [0.5, 0.6) is 5.75 Å². The molecule has 0 aromatic heterocycles. The first-order chi connectivity index (χ1) is 7.58. The third kappa shape index (κ3) is 1.96. The summed E-state index contributed by atoms with van der Waals surface area (Å²) < 4.78 is 18.6. The standard InChI is InChI=1S/C10H11FN2O3/c1-6-2-10(16-7-4-12-5-7)9(13(14)15)3-8(6)11/h2-3,7,12H,4-5H2,1H3. The largest absolute Gasteiger partial charge is 0.481 e. The van der Waals surface area contributed by atoms with Crippen molar-refractivity contribution in [1.82, 2.24) is 5.32 Å². The third-order valence-corrected chi connectivity index (χ3v) is 2.47. The SMILES string of the molecule is Cc1cc(OC2CNC2)c([N+](=O)[O-])cc1F. The lowest BCUT2D eigenvalue weighted by Gasteiger charge is -2.27. The predicted octanol–water partition coefficient (Wildman–Crippen LogP) is 1.39. The molecule has 16 heavy (non-hydrogen) atoms. The number of rotatable bonds is 3. The van der Waals surface area contributed by atoms with Crippen LogP contribution in [0.3, 0.4) is 0 Å². The monoisotopic (exact) mass is 226 g/mol. The van der Waals surface area contributed by atoms with Gasteiger partial charge < -0.3 is 10.1 Å². The first kappa shape index (κ1) is 10.8. The third-order valence-electron chi connectivity index (χ3n) is 2.47. The molecule has 1 aromatic rings. The molecule has 6 heteroatoms. The Hall–Kier alpha value is -1.69. The molecule has 1 aliphatic rings. The maximum absolute atomic E-state index is 13.2. The molecule has 0 spiro atoms. The van der Waals surface area contributed by atoms with E-state index in [0.29, 0.717) is 18.7 Å². The highest BCUT2D eigenvalue weighted by atomic mass is 19.1. The fraction of sp³-hybridized carbons (Fsp3) is 0.400. The summed E-state index contributed by atoms with van der Waals surface area (Å²) in [6.45, 7) is 2.87. The first-order valence-corrected chi connectivity index (χ1v) is 4.90. The quantitative estimate of drug-likeness (QED) is 0.625. The second-order valence-electron chi connectivity index (χ2n) is 3.72. The molecule has 1 saturated heterocycles. The van der Waals surface area contributed by atoms with Crippen LogP contribution < -0.4 is 10.1 Å². The van der Waals surface area contributed by atoms with E-state index in [-0.39, 0.29) is 17.5 Å². The zero-order valence-electron chi connectivity index (χ0n) is 8.70. The van der Waals surface area contributed by atoms with Crippen molar-refractivity contribution in [1.29, 1.82) is 0 Å². The fourth-order valence-electron chi connectivity index (χ4n) is 1.41. The van der Waals surface area contributed by atoms with E-state index < -0.39 is 10.7 Å². The van der Waals surface area contributed by atoms with Crippen molar-refractivity contribution in [3.05, 3.63) is 33.6 Å². The van der Waals surface area contributed by atoms with Crippen molar-refractivity contribution < 1.29 is 14.1 Å². The number of nitro groups is 1. The second-order valence-corrected chi connectivity index (χ2v) is 3.72. The van der Waals surface area contributed by atoms with Gasteiger partial charge in [-0.25, -0.2) is 4.39 Å². The highest BCUT2D eigenvalue weighted by Crippen LogP contribution is 2.30. The number of hydrogen-bond donors (Lipinski definition) is 1. The molecule has 0 atom stereocenters. The molecule has 0 aliphatic carbocycles. The lowest BCUT2D eigenvalue weighted by molar-refractivity contribution is -0.386. The number of benzene rings is 1. The molecule has 2 rings (SSSR count). The van der Waals surface area contributed by atoms with Gasteiger partial charge in [-0.05, 0) is 18.6 Å². The van der Waals surface area contributed by atoms with Crippen molar-refractivity contribution in [2.24, 2.45) is 0 Å². The van der Waals surface area contributed by atoms with E-state index >= 15 is 0 Å². The summed E-state index contributed by atoms with van der Waals surface area (Å²) in [4.78, 5) is 10.1.